The van der Waals surface area contributed by atoms with Crippen LogP contribution in [0.3, 0.4) is 0 Å². The van der Waals surface area contributed by atoms with Crippen LogP contribution < -0.4 is 14.8 Å². The third-order valence-electron chi connectivity index (χ3n) is 4.84. The molecule has 3 aromatic rings. The highest BCUT2D eigenvalue weighted by Crippen LogP contribution is 2.31. The molecule has 0 bridgehead atoms. The Labute approximate surface area is 196 Å². The molecule has 2 aromatic heterocycles. The summed E-state index contributed by atoms with van der Waals surface area (Å²) < 4.78 is 11.2. The summed E-state index contributed by atoms with van der Waals surface area (Å²) in [5.41, 5.74) is 1.44. The molecular formula is C25H26N2O5S. The van der Waals surface area contributed by atoms with Crippen LogP contribution in [0.25, 0.3) is 0 Å². The van der Waals surface area contributed by atoms with Crippen molar-refractivity contribution >= 4 is 34.5 Å². The van der Waals surface area contributed by atoms with Crippen LogP contribution >= 0.6 is 11.3 Å². The maximum atomic E-state index is 12.3. The molecule has 0 aliphatic heterocycles. The fraction of sp³-hybridized carbons (Fsp3) is 0.280. The van der Waals surface area contributed by atoms with E-state index in [1.54, 1.807) is 43.8 Å². The summed E-state index contributed by atoms with van der Waals surface area (Å²) in [5.74, 6) is 0.590. The monoisotopic (exact) mass is 466 g/mol. The number of benzene rings is 1. The number of thiophene rings is 1. The van der Waals surface area contributed by atoms with Gasteiger partial charge in [0.25, 0.3) is 0 Å². The first-order valence-corrected chi connectivity index (χ1v) is 11.4. The number of nitrogens with zero attached hydrogens (tertiary/aromatic N) is 1. The van der Waals surface area contributed by atoms with Crippen LogP contribution in [-0.2, 0) is 16.2 Å². The molecule has 33 heavy (non-hydrogen) atoms. The molecule has 1 aromatic carbocycles. The van der Waals surface area contributed by atoms with E-state index >= 15 is 0 Å². The van der Waals surface area contributed by atoms with Gasteiger partial charge in [-0.05, 0) is 37.3 Å². The van der Waals surface area contributed by atoms with Crippen LogP contribution in [0.1, 0.15) is 45.8 Å². The van der Waals surface area contributed by atoms with E-state index in [0.717, 1.165) is 10.4 Å². The molecule has 2 heterocycles. The van der Waals surface area contributed by atoms with Crippen molar-refractivity contribution < 1.29 is 23.9 Å². The smallest absolute Gasteiger partial charge is 0.224 e. The first-order valence-electron chi connectivity index (χ1n) is 10.6. The number of hydrogen-bond acceptors (Lipinski definition) is 7. The van der Waals surface area contributed by atoms with Gasteiger partial charge in [-0.15, -0.1) is 11.3 Å². The second kappa shape index (κ2) is 11.9. The van der Waals surface area contributed by atoms with E-state index in [4.69, 9.17) is 9.47 Å². The average molecular weight is 467 g/mol. The van der Waals surface area contributed by atoms with Crippen LogP contribution in [0.15, 0.2) is 54.9 Å². The molecule has 8 heteroatoms. The Morgan fingerprint density at radius 3 is 2.52 bits per heavy atom. The number of pyridine rings is 1. The summed E-state index contributed by atoms with van der Waals surface area (Å²) >= 11 is 1.43. The summed E-state index contributed by atoms with van der Waals surface area (Å²) in [7, 11) is 1.54. The number of hydrogen-bond donors (Lipinski definition) is 1. The Kier molecular flexibility index (Phi) is 8.71. The summed E-state index contributed by atoms with van der Waals surface area (Å²) in [4.78, 5) is 42.3. The number of rotatable bonds is 12. The minimum atomic E-state index is -0.285. The fourth-order valence-electron chi connectivity index (χ4n) is 3.07. The lowest BCUT2D eigenvalue weighted by Gasteiger charge is -2.13. The molecule has 0 aliphatic rings. The van der Waals surface area contributed by atoms with Gasteiger partial charge in [0.2, 0.25) is 5.91 Å². The van der Waals surface area contributed by atoms with Gasteiger partial charge in [-0.2, -0.15) is 0 Å². The molecule has 0 saturated carbocycles. The van der Waals surface area contributed by atoms with Gasteiger partial charge >= 0.3 is 0 Å². The topological polar surface area (TPSA) is 94.6 Å². The predicted molar refractivity (Wildman–Crippen MR) is 127 cm³/mol. The van der Waals surface area contributed by atoms with Crippen molar-refractivity contribution in [3.8, 4) is 11.5 Å². The van der Waals surface area contributed by atoms with E-state index < -0.39 is 0 Å². The SMILES string of the molecule is COc1ccc(NC(=O)CCC(=O)CCC(=O)c2ccc(C)s2)cc1OCc1cccnc1. The molecule has 0 spiro atoms. The van der Waals surface area contributed by atoms with Crippen LogP contribution in [-0.4, -0.2) is 29.6 Å². The Morgan fingerprint density at radius 2 is 1.82 bits per heavy atom. The number of carbonyl (C=O) groups excluding carboxylic acids is 3. The standard InChI is InChI=1S/C25H26N2O5S/c1-17-5-11-24(33-17)21(29)9-7-20(28)8-12-25(30)27-19-6-10-22(31-2)23(14-19)32-16-18-4-3-13-26-15-18/h3-6,10-11,13-15H,7-9,12,16H2,1-2H3,(H,27,30). The molecule has 0 aliphatic carbocycles. The zero-order valence-corrected chi connectivity index (χ0v) is 19.4. The summed E-state index contributed by atoms with van der Waals surface area (Å²) in [6.45, 7) is 2.24. The first-order chi connectivity index (χ1) is 15.9. The van der Waals surface area contributed by atoms with Crippen molar-refractivity contribution in [2.24, 2.45) is 0 Å². The van der Waals surface area contributed by atoms with Crippen LogP contribution in [0, 0.1) is 6.92 Å². The normalized spacial score (nSPS) is 10.5. The summed E-state index contributed by atoms with van der Waals surface area (Å²) in [6.07, 6.45) is 3.83. The number of aryl methyl sites for hydroxylation is 1. The molecule has 0 fully saturated rings. The number of aromatic nitrogens is 1. The Hall–Kier alpha value is -3.52. The van der Waals surface area contributed by atoms with Gasteiger partial charge in [0.15, 0.2) is 17.3 Å². The minimum Gasteiger partial charge on any atom is -0.493 e. The van der Waals surface area contributed by atoms with Gasteiger partial charge in [0.05, 0.1) is 12.0 Å². The van der Waals surface area contributed by atoms with Crippen LogP contribution in [0.5, 0.6) is 11.5 Å². The van der Waals surface area contributed by atoms with E-state index in [1.807, 2.05) is 25.1 Å². The van der Waals surface area contributed by atoms with Crippen LogP contribution in [0.4, 0.5) is 5.69 Å². The summed E-state index contributed by atoms with van der Waals surface area (Å²) in [5, 5.41) is 2.78. The van der Waals surface area contributed by atoms with Crippen molar-refractivity contribution in [3.05, 3.63) is 70.2 Å². The summed E-state index contributed by atoms with van der Waals surface area (Å²) in [6, 6.07) is 12.5. The minimum absolute atomic E-state index is 0.0389. The lowest BCUT2D eigenvalue weighted by molar-refractivity contribution is -0.122. The molecule has 172 valence electrons. The number of ketones is 2. The average Bonchev–Trinajstić information content (AvgIpc) is 3.27. The van der Waals surface area contributed by atoms with Gasteiger partial charge < -0.3 is 14.8 Å². The highest BCUT2D eigenvalue weighted by Gasteiger charge is 2.13. The molecule has 1 amide bonds. The van der Waals surface area contributed by atoms with Gasteiger partial charge in [-0.1, -0.05) is 6.07 Å². The quantitative estimate of drug-likeness (QED) is 0.378. The second-order valence-corrected chi connectivity index (χ2v) is 8.72. The zero-order valence-electron chi connectivity index (χ0n) is 18.6. The molecule has 7 nitrogen and oxygen atoms in total. The highest BCUT2D eigenvalue weighted by atomic mass is 32.1. The van der Waals surface area contributed by atoms with Gasteiger partial charge in [-0.3, -0.25) is 19.4 Å². The molecule has 0 radical (unpaired) electrons. The van der Waals surface area contributed by atoms with Crippen molar-refractivity contribution in [2.45, 2.75) is 39.2 Å². The number of anilines is 1. The van der Waals surface area contributed by atoms with Crippen molar-refractivity contribution in [2.75, 3.05) is 12.4 Å². The van der Waals surface area contributed by atoms with Gasteiger partial charge in [-0.25, -0.2) is 0 Å². The molecule has 3 rings (SSSR count). The largest absolute Gasteiger partial charge is 0.493 e. The number of amides is 1. The third kappa shape index (κ3) is 7.54. The maximum absolute atomic E-state index is 12.3. The van der Waals surface area contributed by atoms with E-state index in [0.29, 0.717) is 28.7 Å². The first kappa shape index (κ1) is 24.1. The maximum Gasteiger partial charge on any atom is 0.224 e. The number of nitrogens with one attached hydrogen (secondary N) is 1. The number of carbonyl (C=O) groups is 3. The van der Waals surface area contributed by atoms with Crippen molar-refractivity contribution in [1.82, 2.24) is 4.98 Å². The highest BCUT2D eigenvalue weighted by molar-refractivity contribution is 7.14. The van der Waals surface area contributed by atoms with E-state index in [1.165, 1.54) is 11.3 Å². The van der Waals surface area contributed by atoms with Crippen LogP contribution in [0.2, 0.25) is 0 Å². The molecule has 0 atom stereocenters. The Balaban J connectivity index is 1.47. The van der Waals surface area contributed by atoms with Gasteiger partial charge in [0.1, 0.15) is 12.4 Å². The zero-order chi connectivity index (χ0) is 23.6. The Bertz CT molecular complexity index is 1110. The van der Waals surface area contributed by atoms with Crippen molar-refractivity contribution in [3.63, 3.8) is 0 Å². The third-order valence-corrected chi connectivity index (χ3v) is 5.88. The molecular weight excluding hydrogens is 440 g/mol. The molecule has 0 unspecified atom stereocenters. The fourth-order valence-corrected chi connectivity index (χ4v) is 3.91. The van der Waals surface area contributed by atoms with E-state index in [2.05, 4.69) is 10.3 Å². The molecule has 1 N–H and O–H groups in total. The Morgan fingerprint density at radius 1 is 1.00 bits per heavy atom. The van der Waals surface area contributed by atoms with E-state index in [-0.39, 0.29) is 43.2 Å². The van der Waals surface area contributed by atoms with Crippen molar-refractivity contribution in [1.29, 1.82) is 0 Å². The lowest BCUT2D eigenvalue weighted by Crippen LogP contribution is -2.14. The van der Waals surface area contributed by atoms with Gasteiger partial charge in [0, 0.05) is 60.3 Å². The number of Topliss-reactive ketones (excluding diaryl/α,β-unsaturated/α-hetero) is 2. The number of methoxy groups -OCH3 is 1. The molecule has 0 saturated heterocycles. The predicted octanol–water partition coefficient (Wildman–Crippen LogP) is 4.99. The lowest BCUT2D eigenvalue weighted by atomic mass is 10.1. The second-order valence-electron chi connectivity index (χ2n) is 7.44. The van der Waals surface area contributed by atoms with E-state index in [9.17, 15) is 14.4 Å². The number of ether oxygens (including phenoxy) is 2.